The molecular formula is C14H24N2O2S. The molecule has 0 fully saturated rings. The van der Waals surface area contributed by atoms with E-state index >= 15 is 0 Å². The van der Waals surface area contributed by atoms with E-state index in [-0.39, 0.29) is 11.4 Å². The Morgan fingerprint density at radius 1 is 1.47 bits per heavy atom. The summed E-state index contributed by atoms with van der Waals surface area (Å²) in [6.45, 7) is 10.4. The highest BCUT2D eigenvalue weighted by molar-refractivity contribution is 7.09. The van der Waals surface area contributed by atoms with Gasteiger partial charge in [0.05, 0.1) is 12.3 Å². The molecule has 0 saturated heterocycles. The quantitative estimate of drug-likeness (QED) is 0.618. The molecule has 4 nitrogen and oxygen atoms in total. The molecule has 0 aliphatic carbocycles. The van der Waals surface area contributed by atoms with Crippen molar-refractivity contribution in [3.63, 3.8) is 0 Å². The lowest BCUT2D eigenvalue weighted by atomic mass is 9.93. The first-order valence-electron chi connectivity index (χ1n) is 6.74. The number of hydrogen-bond acceptors (Lipinski definition) is 5. The first-order chi connectivity index (χ1) is 8.93. The summed E-state index contributed by atoms with van der Waals surface area (Å²) >= 11 is 1.68. The molecule has 1 rings (SSSR count). The van der Waals surface area contributed by atoms with Crippen LogP contribution >= 0.6 is 11.3 Å². The molecule has 0 aliphatic rings. The van der Waals surface area contributed by atoms with Gasteiger partial charge in [-0.2, -0.15) is 0 Å². The van der Waals surface area contributed by atoms with Gasteiger partial charge in [-0.15, -0.1) is 11.3 Å². The van der Waals surface area contributed by atoms with Crippen LogP contribution in [0.25, 0.3) is 0 Å². The first-order valence-corrected chi connectivity index (χ1v) is 7.62. The number of carbonyl (C=O) groups excluding carboxylic acids is 1. The molecule has 0 aliphatic heterocycles. The van der Waals surface area contributed by atoms with Crippen LogP contribution in [0, 0.1) is 0 Å². The number of thiazole rings is 1. The molecule has 0 radical (unpaired) electrons. The zero-order valence-corrected chi connectivity index (χ0v) is 13.1. The van der Waals surface area contributed by atoms with E-state index in [1.54, 1.807) is 11.3 Å². The second-order valence-corrected chi connectivity index (χ2v) is 6.40. The van der Waals surface area contributed by atoms with Crippen molar-refractivity contribution in [3.8, 4) is 0 Å². The SMILES string of the molecule is CCOC(=O)CCCNCc1nc(C(C)(C)C)cs1. The van der Waals surface area contributed by atoms with Gasteiger partial charge in [0.15, 0.2) is 0 Å². The summed E-state index contributed by atoms with van der Waals surface area (Å²) in [7, 11) is 0. The summed E-state index contributed by atoms with van der Waals surface area (Å²) in [5.74, 6) is -0.117. The maximum absolute atomic E-state index is 11.1. The van der Waals surface area contributed by atoms with Gasteiger partial charge < -0.3 is 10.1 Å². The number of aromatic nitrogens is 1. The van der Waals surface area contributed by atoms with Gasteiger partial charge in [0.25, 0.3) is 0 Å². The van der Waals surface area contributed by atoms with Crippen LogP contribution in [0.2, 0.25) is 0 Å². The molecule has 1 N–H and O–H groups in total. The van der Waals surface area contributed by atoms with Crippen molar-refractivity contribution >= 4 is 17.3 Å². The zero-order valence-electron chi connectivity index (χ0n) is 12.3. The van der Waals surface area contributed by atoms with Gasteiger partial charge >= 0.3 is 5.97 Å². The number of nitrogens with zero attached hydrogens (tertiary/aromatic N) is 1. The molecular weight excluding hydrogens is 260 g/mol. The van der Waals surface area contributed by atoms with Gasteiger partial charge in [-0.05, 0) is 19.9 Å². The van der Waals surface area contributed by atoms with Crippen molar-refractivity contribution in [1.29, 1.82) is 0 Å². The molecule has 1 heterocycles. The fraction of sp³-hybridized carbons (Fsp3) is 0.714. The Labute approximate surface area is 119 Å². The third-order valence-electron chi connectivity index (χ3n) is 2.64. The van der Waals surface area contributed by atoms with Crippen LogP contribution in [-0.4, -0.2) is 24.1 Å². The maximum atomic E-state index is 11.1. The Morgan fingerprint density at radius 2 is 2.21 bits per heavy atom. The monoisotopic (exact) mass is 284 g/mol. The molecule has 0 bridgehead atoms. The second kappa shape index (κ2) is 7.60. The Hall–Kier alpha value is -0.940. The molecule has 108 valence electrons. The lowest BCUT2D eigenvalue weighted by molar-refractivity contribution is -0.143. The van der Waals surface area contributed by atoms with Crippen molar-refractivity contribution in [1.82, 2.24) is 10.3 Å². The van der Waals surface area contributed by atoms with Crippen LogP contribution in [-0.2, 0) is 21.5 Å². The van der Waals surface area contributed by atoms with Gasteiger partial charge in [-0.3, -0.25) is 4.79 Å². The molecule has 0 atom stereocenters. The molecule has 0 saturated carbocycles. The van der Waals surface area contributed by atoms with Crippen LogP contribution in [0.5, 0.6) is 0 Å². The number of nitrogens with one attached hydrogen (secondary N) is 1. The summed E-state index contributed by atoms with van der Waals surface area (Å²) in [5, 5.41) is 6.52. The van der Waals surface area contributed by atoms with E-state index in [0.29, 0.717) is 13.0 Å². The van der Waals surface area contributed by atoms with Gasteiger partial charge in [0.2, 0.25) is 0 Å². The van der Waals surface area contributed by atoms with Crippen molar-refractivity contribution < 1.29 is 9.53 Å². The smallest absolute Gasteiger partial charge is 0.305 e. The molecule has 1 aromatic heterocycles. The van der Waals surface area contributed by atoms with Crippen LogP contribution in [0.1, 0.15) is 51.2 Å². The number of hydrogen-bond donors (Lipinski definition) is 1. The minimum atomic E-state index is -0.117. The van der Waals surface area contributed by atoms with Crippen molar-refractivity contribution in [2.75, 3.05) is 13.2 Å². The molecule has 1 aromatic rings. The lowest BCUT2D eigenvalue weighted by Gasteiger charge is -2.14. The largest absolute Gasteiger partial charge is 0.466 e. The minimum Gasteiger partial charge on any atom is -0.466 e. The average Bonchev–Trinajstić information content (AvgIpc) is 2.77. The minimum absolute atomic E-state index is 0.110. The van der Waals surface area contributed by atoms with Crippen LogP contribution < -0.4 is 5.32 Å². The normalized spacial score (nSPS) is 11.6. The zero-order chi connectivity index (χ0) is 14.3. The number of rotatable bonds is 7. The van der Waals surface area contributed by atoms with Crippen LogP contribution in [0.3, 0.4) is 0 Å². The lowest BCUT2D eigenvalue weighted by Crippen LogP contribution is -2.17. The topological polar surface area (TPSA) is 51.2 Å². The Bertz CT molecular complexity index is 396. The maximum Gasteiger partial charge on any atom is 0.305 e. The third kappa shape index (κ3) is 6.16. The first kappa shape index (κ1) is 16.1. The standard InChI is InChI=1S/C14H24N2O2S/c1-5-18-13(17)7-6-8-15-9-12-16-11(10-19-12)14(2,3)4/h10,15H,5-9H2,1-4H3. The number of esters is 1. The van der Waals surface area contributed by atoms with E-state index in [1.807, 2.05) is 6.92 Å². The highest BCUT2D eigenvalue weighted by atomic mass is 32.1. The van der Waals surface area contributed by atoms with Gasteiger partial charge in [-0.1, -0.05) is 20.8 Å². The summed E-state index contributed by atoms with van der Waals surface area (Å²) in [6, 6.07) is 0. The number of carbonyl (C=O) groups is 1. The van der Waals surface area contributed by atoms with Gasteiger partial charge in [-0.25, -0.2) is 4.98 Å². The molecule has 5 heteroatoms. The third-order valence-corrected chi connectivity index (χ3v) is 3.48. The molecule has 0 amide bonds. The molecule has 0 aromatic carbocycles. The summed E-state index contributed by atoms with van der Waals surface area (Å²) in [5.41, 5.74) is 1.25. The van der Waals surface area contributed by atoms with Crippen LogP contribution in [0.15, 0.2) is 5.38 Å². The van der Waals surface area contributed by atoms with Crippen LogP contribution in [0.4, 0.5) is 0 Å². The highest BCUT2D eigenvalue weighted by Crippen LogP contribution is 2.23. The fourth-order valence-corrected chi connectivity index (χ4v) is 2.51. The fourth-order valence-electron chi connectivity index (χ4n) is 1.52. The average molecular weight is 284 g/mol. The van der Waals surface area contributed by atoms with E-state index in [0.717, 1.165) is 30.2 Å². The summed E-state index contributed by atoms with van der Waals surface area (Å²) in [6.07, 6.45) is 1.28. The second-order valence-electron chi connectivity index (χ2n) is 5.46. The molecule has 19 heavy (non-hydrogen) atoms. The van der Waals surface area contributed by atoms with Gasteiger partial charge in [0.1, 0.15) is 5.01 Å². The predicted octanol–water partition coefficient (Wildman–Crippen LogP) is 2.87. The van der Waals surface area contributed by atoms with Crippen molar-refractivity contribution in [3.05, 3.63) is 16.1 Å². The summed E-state index contributed by atoms with van der Waals surface area (Å²) < 4.78 is 4.87. The van der Waals surface area contributed by atoms with E-state index in [9.17, 15) is 4.79 Å². The Morgan fingerprint density at radius 3 is 2.79 bits per heavy atom. The molecule has 0 spiro atoms. The summed E-state index contributed by atoms with van der Waals surface area (Å²) in [4.78, 5) is 15.7. The predicted molar refractivity (Wildman–Crippen MR) is 78.4 cm³/mol. The van der Waals surface area contributed by atoms with Crippen molar-refractivity contribution in [2.24, 2.45) is 0 Å². The Kier molecular flexibility index (Phi) is 6.45. The van der Waals surface area contributed by atoms with E-state index in [2.05, 4.69) is 36.5 Å². The Balaban J connectivity index is 2.20. The van der Waals surface area contributed by atoms with Crippen molar-refractivity contribution in [2.45, 2.75) is 52.5 Å². The van der Waals surface area contributed by atoms with Gasteiger partial charge in [0, 0.05) is 23.8 Å². The van der Waals surface area contributed by atoms with E-state index in [1.165, 1.54) is 0 Å². The van der Waals surface area contributed by atoms with E-state index < -0.39 is 0 Å². The molecule has 0 unspecified atom stereocenters. The number of ether oxygens (including phenoxy) is 1. The highest BCUT2D eigenvalue weighted by Gasteiger charge is 2.17. The van der Waals surface area contributed by atoms with E-state index in [4.69, 9.17) is 4.74 Å².